The summed E-state index contributed by atoms with van der Waals surface area (Å²) in [5, 5.41) is 6.39. The molecular weight excluding hydrogens is 306 g/mol. The number of pyridine rings is 1. The smallest absolute Gasteiger partial charge is 0.224 e. The number of amides is 1. The number of ether oxygens (including phenoxy) is 2. The van der Waals surface area contributed by atoms with Crippen LogP contribution in [0.2, 0.25) is 0 Å². The predicted octanol–water partition coefficient (Wildman–Crippen LogP) is 1.29. The van der Waals surface area contributed by atoms with Crippen LogP contribution < -0.4 is 15.4 Å². The lowest BCUT2D eigenvalue weighted by atomic mass is 9.90. The molecule has 0 spiro atoms. The number of nitrogens with one attached hydrogen (secondary N) is 2. The first-order valence-electron chi connectivity index (χ1n) is 8.86. The van der Waals surface area contributed by atoms with Crippen molar-refractivity contribution in [2.45, 2.75) is 32.3 Å². The molecule has 1 aromatic rings. The average molecular weight is 333 g/mol. The van der Waals surface area contributed by atoms with Crippen LogP contribution in [0.3, 0.4) is 0 Å². The van der Waals surface area contributed by atoms with E-state index in [0.29, 0.717) is 19.1 Å². The van der Waals surface area contributed by atoms with Crippen LogP contribution in [0.5, 0.6) is 5.75 Å². The van der Waals surface area contributed by atoms with Crippen LogP contribution in [-0.4, -0.2) is 49.8 Å². The summed E-state index contributed by atoms with van der Waals surface area (Å²) in [6.45, 7) is 5.63. The van der Waals surface area contributed by atoms with E-state index in [9.17, 15) is 4.79 Å². The Hall–Kier alpha value is -1.66. The largest absolute Gasteiger partial charge is 0.492 e. The lowest BCUT2D eigenvalue weighted by Gasteiger charge is -2.29. The Balaban J connectivity index is 1.41. The molecule has 0 saturated carbocycles. The summed E-state index contributed by atoms with van der Waals surface area (Å²) in [5.41, 5.74) is 0.977. The molecule has 3 atom stereocenters. The first-order valence-corrected chi connectivity index (χ1v) is 8.86. The maximum Gasteiger partial charge on any atom is 0.224 e. The van der Waals surface area contributed by atoms with Gasteiger partial charge in [0.05, 0.1) is 24.8 Å². The van der Waals surface area contributed by atoms with Gasteiger partial charge in [-0.25, -0.2) is 0 Å². The number of carbonyl (C=O) groups excluding carboxylic acids is 1. The van der Waals surface area contributed by atoms with Crippen molar-refractivity contribution in [2.75, 3.05) is 32.8 Å². The lowest BCUT2D eigenvalue weighted by molar-refractivity contribution is -0.126. The molecule has 0 aromatic carbocycles. The number of aryl methyl sites for hydroxylation is 1. The minimum Gasteiger partial charge on any atom is -0.492 e. The van der Waals surface area contributed by atoms with Gasteiger partial charge >= 0.3 is 0 Å². The highest BCUT2D eigenvalue weighted by Crippen LogP contribution is 2.19. The van der Waals surface area contributed by atoms with Gasteiger partial charge in [-0.2, -0.15) is 0 Å². The molecule has 3 heterocycles. The van der Waals surface area contributed by atoms with Crippen molar-refractivity contribution >= 4 is 5.91 Å². The van der Waals surface area contributed by atoms with Crippen LogP contribution in [0, 0.1) is 18.8 Å². The average Bonchev–Trinajstić information content (AvgIpc) is 3.13. The van der Waals surface area contributed by atoms with Gasteiger partial charge in [-0.05, 0) is 38.3 Å². The van der Waals surface area contributed by atoms with Crippen LogP contribution in [0.1, 0.15) is 25.0 Å². The first kappa shape index (κ1) is 17.2. The van der Waals surface area contributed by atoms with Gasteiger partial charge in [0.15, 0.2) is 0 Å². The second kappa shape index (κ2) is 8.44. The topological polar surface area (TPSA) is 72.5 Å². The molecule has 2 fully saturated rings. The Labute approximate surface area is 143 Å². The Morgan fingerprint density at radius 3 is 3.12 bits per heavy atom. The van der Waals surface area contributed by atoms with Crippen molar-refractivity contribution in [1.29, 1.82) is 0 Å². The molecule has 2 saturated heterocycles. The summed E-state index contributed by atoms with van der Waals surface area (Å²) >= 11 is 0. The van der Waals surface area contributed by atoms with Crippen molar-refractivity contribution in [3.8, 4) is 5.75 Å². The normalized spacial score (nSPS) is 27.0. The third-order valence-corrected chi connectivity index (χ3v) is 4.71. The standard InChI is InChI=1S/C18H27N3O3/c1-13-4-5-17(10-20-13)24-12-14-7-15(9-19-8-14)18(22)21-11-16-3-2-6-23-16/h4-5,10,14-16,19H,2-3,6-9,11-12H2,1H3,(H,21,22)/t14-,15+,16?/m0/s1. The zero-order valence-electron chi connectivity index (χ0n) is 14.3. The maximum absolute atomic E-state index is 12.4. The van der Waals surface area contributed by atoms with E-state index < -0.39 is 0 Å². The first-order chi connectivity index (χ1) is 11.7. The fourth-order valence-electron chi connectivity index (χ4n) is 3.28. The van der Waals surface area contributed by atoms with Gasteiger partial charge in [-0.3, -0.25) is 9.78 Å². The number of hydrogen-bond acceptors (Lipinski definition) is 5. The van der Waals surface area contributed by atoms with Crippen LogP contribution in [-0.2, 0) is 9.53 Å². The SMILES string of the molecule is Cc1ccc(OC[C@@H]2CNC[C@H](C(=O)NCC3CCCO3)C2)cn1. The molecule has 2 aliphatic rings. The molecule has 1 aromatic heterocycles. The Bertz CT molecular complexity index is 529. The van der Waals surface area contributed by atoms with E-state index in [-0.39, 0.29) is 17.9 Å². The van der Waals surface area contributed by atoms with Crippen LogP contribution in [0.4, 0.5) is 0 Å². The molecule has 3 rings (SSSR count). The summed E-state index contributed by atoms with van der Waals surface area (Å²) < 4.78 is 11.4. The van der Waals surface area contributed by atoms with Gasteiger partial charge in [0.1, 0.15) is 5.75 Å². The highest BCUT2D eigenvalue weighted by atomic mass is 16.5. The van der Waals surface area contributed by atoms with Gasteiger partial charge in [-0.1, -0.05) is 0 Å². The number of piperidine rings is 1. The van der Waals surface area contributed by atoms with Crippen molar-refractivity contribution in [3.63, 3.8) is 0 Å². The molecule has 132 valence electrons. The van der Waals surface area contributed by atoms with Crippen molar-refractivity contribution in [2.24, 2.45) is 11.8 Å². The fourth-order valence-corrected chi connectivity index (χ4v) is 3.28. The number of hydrogen-bond donors (Lipinski definition) is 2. The summed E-state index contributed by atoms with van der Waals surface area (Å²) in [6.07, 6.45) is 4.93. The molecule has 24 heavy (non-hydrogen) atoms. The molecule has 6 nitrogen and oxygen atoms in total. The molecule has 0 radical (unpaired) electrons. The number of carbonyl (C=O) groups is 1. The quantitative estimate of drug-likeness (QED) is 0.821. The zero-order valence-corrected chi connectivity index (χ0v) is 14.3. The van der Waals surface area contributed by atoms with E-state index in [1.54, 1.807) is 6.20 Å². The van der Waals surface area contributed by atoms with Gasteiger partial charge < -0.3 is 20.1 Å². The number of nitrogens with zero attached hydrogens (tertiary/aromatic N) is 1. The van der Waals surface area contributed by atoms with E-state index in [2.05, 4.69) is 15.6 Å². The second-order valence-electron chi connectivity index (χ2n) is 6.78. The van der Waals surface area contributed by atoms with Crippen molar-refractivity contribution in [3.05, 3.63) is 24.0 Å². The molecule has 0 bridgehead atoms. The third kappa shape index (κ3) is 4.92. The van der Waals surface area contributed by atoms with Gasteiger partial charge in [-0.15, -0.1) is 0 Å². The van der Waals surface area contributed by atoms with Crippen molar-refractivity contribution < 1.29 is 14.3 Å². The van der Waals surface area contributed by atoms with E-state index in [1.165, 1.54) is 0 Å². The minimum atomic E-state index is 0.00453. The summed E-state index contributed by atoms with van der Waals surface area (Å²) in [6, 6.07) is 3.88. The predicted molar refractivity (Wildman–Crippen MR) is 90.9 cm³/mol. The maximum atomic E-state index is 12.4. The molecule has 6 heteroatoms. The highest BCUT2D eigenvalue weighted by Gasteiger charge is 2.28. The minimum absolute atomic E-state index is 0.00453. The monoisotopic (exact) mass is 333 g/mol. The van der Waals surface area contributed by atoms with Crippen molar-refractivity contribution in [1.82, 2.24) is 15.6 Å². The van der Waals surface area contributed by atoms with Gasteiger partial charge in [0.2, 0.25) is 5.91 Å². The molecule has 2 N–H and O–H groups in total. The number of rotatable bonds is 6. The van der Waals surface area contributed by atoms with E-state index in [0.717, 1.165) is 50.4 Å². The summed E-state index contributed by atoms with van der Waals surface area (Å²) in [4.78, 5) is 16.6. The fraction of sp³-hybridized carbons (Fsp3) is 0.667. The van der Waals surface area contributed by atoms with Gasteiger partial charge in [0.25, 0.3) is 0 Å². The molecule has 1 amide bonds. The zero-order chi connectivity index (χ0) is 16.8. The van der Waals surface area contributed by atoms with E-state index in [1.807, 2.05) is 19.1 Å². The number of aromatic nitrogens is 1. The third-order valence-electron chi connectivity index (χ3n) is 4.71. The molecular formula is C18H27N3O3. The highest BCUT2D eigenvalue weighted by molar-refractivity contribution is 5.79. The van der Waals surface area contributed by atoms with Crippen LogP contribution in [0.15, 0.2) is 18.3 Å². The summed E-state index contributed by atoms with van der Waals surface area (Å²) in [7, 11) is 0. The Morgan fingerprint density at radius 1 is 1.46 bits per heavy atom. The second-order valence-corrected chi connectivity index (χ2v) is 6.78. The van der Waals surface area contributed by atoms with E-state index in [4.69, 9.17) is 9.47 Å². The van der Waals surface area contributed by atoms with Crippen LogP contribution >= 0.6 is 0 Å². The van der Waals surface area contributed by atoms with Crippen LogP contribution in [0.25, 0.3) is 0 Å². The Kier molecular flexibility index (Phi) is 6.04. The Morgan fingerprint density at radius 2 is 2.38 bits per heavy atom. The lowest BCUT2D eigenvalue weighted by Crippen LogP contribution is -2.46. The summed E-state index contributed by atoms with van der Waals surface area (Å²) in [5.74, 6) is 1.24. The van der Waals surface area contributed by atoms with E-state index >= 15 is 0 Å². The van der Waals surface area contributed by atoms with Gasteiger partial charge in [0, 0.05) is 37.9 Å². The molecule has 0 aliphatic carbocycles. The molecule has 2 aliphatic heterocycles. The molecule has 1 unspecified atom stereocenters.